The summed E-state index contributed by atoms with van der Waals surface area (Å²) < 4.78 is 10.1. The number of carboxylic acid groups (broad SMARTS) is 1. The second-order valence-electron chi connectivity index (χ2n) is 7.60. The number of hydrogen-bond donors (Lipinski definition) is 4. The van der Waals surface area contributed by atoms with Gasteiger partial charge in [0.1, 0.15) is 11.2 Å². The van der Waals surface area contributed by atoms with Crippen molar-refractivity contribution in [2.24, 2.45) is 10.7 Å². The molecule has 0 rings (SSSR count). The van der Waals surface area contributed by atoms with Crippen molar-refractivity contribution in [3.63, 3.8) is 0 Å². The molecule has 0 aromatic rings. The van der Waals surface area contributed by atoms with Crippen LogP contribution in [-0.4, -0.2) is 46.3 Å². The van der Waals surface area contributed by atoms with Crippen molar-refractivity contribution < 1.29 is 29.0 Å². The number of carbonyl (C=O) groups excluding carboxylic acids is 2. The molecule has 0 aliphatic heterocycles. The molecule has 0 radical (unpaired) electrons. The van der Waals surface area contributed by atoms with E-state index in [0.717, 1.165) is 0 Å². The number of carboxylic acids is 1. The average Bonchev–Trinajstić information content (AvgIpc) is 2.40. The minimum atomic E-state index is -1.20. The van der Waals surface area contributed by atoms with Crippen LogP contribution in [0.25, 0.3) is 0 Å². The number of hydrazine groups is 1. The van der Waals surface area contributed by atoms with E-state index in [4.69, 9.17) is 15.2 Å². The van der Waals surface area contributed by atoms with Gasteiger partial charge in [-0.1, -0.05) is 0 Å². The number of nitrogens with two attached hydrogens (primary N) is 1. The Morgan fingerprint density at radius 3 is 2.04 bits per heavy atom. The van der Waals surface area contributed by atoms with E-state index >= 15 is 0 Å². The maximum atomic E-state index is 11.6. The number of amides is 1. The zero-order valence-electron chi connectivity index (χ0n) is 16.2. The van der Waals surface area contributed by atoms with Crippen LogP contribution in [0.2, 0.25) is 0 Å². The zero-order valence-corrected chi connectivity index (χ0v) is 16.2. The van der Waals surface area contributed by atoms with Crippen molar-refractivity contribution in [3.8, 4) is 0 Å². The summed E-state index contributed by atoms with van der Waals surface area (Å²) in [5, 5.41) is 9.19. The van der Waals surface area contributed by atoms with Crippen molar-refractivity contribution in [3.05, 3.63) is 0 Å². The highest BCUT2D eigenvalue weighted by atomic mass is 16.6. The molecule has 10 heteroatoms. The van der Waals surface area contributed by atoms with Gasteiger partial charge in [0, 0.05) is 6.42 Å². The Morgan fingerprint density at radius 2 is 1.58 bits per heavy atom. The van der Waals surface area contributed by atoms with Gasteiger partial charge in [-0.2, -0.15) is 0 Å². The SMILES string of the molecule is CC(C)(C)OC(=O)CCC[C@H](N=C(N)NNC(=O)OC(C)(C)C)C(=O)O. The molecule has 0 heterocycles. The van der Waals surface area contributed by atoms with Gasteiger partial charge >= 0.3 is 18.0 Å². The van der Waals surface area contributed by atoms with Crippen LogP contribution in [0.5, 0.6) is 0 Å². The van der Waals surface area contributed by atoms with Crippen LogP contribution in [0, 0.1) is 0 Å². The quantitative estimate of drug-likeness (QED) is 0.235. The van der Waals surface area contributed by atoms with Gasteiger partial charge in [-0.05, 0) is 54.4 Å². The minimum Gasteiger partial charge on any atom is -0.480 e. The Bertz CT molecular complexity index is 534. The molecule has 10 nitrogen and oxygen atoms in total. The molecule has 26 heavy (non-hydrogen) atoms. The number of ether oxygens (including phenoxy) is 2. The second kappa shape index (κ2) is 9.83. The van der Waals surface area contributed by atoms with Gasteiger partial charge in [-0.15, -0.1) is 0 Å². The van der Waals surface area contributed by atoms with E-state index in [1.54, 1.807) is 41.5 Å². The maximum Gasteiger partial charge on any atom is 0.426 e. The Hall–Kier alpha value is -2.52. The van der Waals surface area contributed by atoms with Gasteiger partial charge in [-0.25, -0.2) is 20.0 Å². The molecule has 1 atom stereocenters. The summed E-state index contributed by atoms with van der Waals surface area (Å²) in [4.78, 5) is 38.1. The number of carbonyl (C=O) groups is 3. The molecule has 0 fully saturated rings. The summed E-state index contributed by atoms with van der Waals surface area (Å²) in [6.07, 6.45) is -0.363. The number of nitrogens with one attached hydrogen (secondary N) is 2. The van der Waals surface area contributed by atoms with Crippen LogP contribution in [0.15, 0.2) is 4.99 Å². The van der Waals surface area contributed by atoms with Crippen molar-refractivity contribution in [2.75, 3.05) is 0 Å². The summed E-state index contributed by atoms with van der Waals surface area (Å²) in [7, 11) is 0. The first kappa shape index (κ1) is 23.5. The van der Waals surface area contributed by atoms with Crippen LogP contribution in [0.3, 0.4) is 0 Å². The van der Waals surface area contributed by atoms with E-state index in [2.05, 4.69) is 15.8 Å². The highest BCUT2D eigenvalue weighted by molar-refractivity contribution is 5.84. The Balaban J connectivity index is 4.48. The number of guanidine groups is 1. The molecular weight excluding hydrogens is 344 g/mol. The highest BCUT2D eigenvalue weighted by Crippen LogP contribution is 2.12. The smallest absolute Gasteiger partial charge is 0.426 e. The van der Waals surface area contributed by atoms with Crippen molar-refractivity contribution >= 4 is 24.0 Å². The molecule has 0 spiro atoms. The summed E-state index contributed by atoms with van der Waals surface area (Å²) in [5.41, 5.74) is 8.69. The molecule has 0 aromatic heterocycles. The zero-order chi connectivity index (χ0) is 20.5. The normalized spacial score (nSPS) is 13.5. The molecule has 0 saturated heterocycles. The van der Waals surface area contributed by atoms with Crippen molar-refractivity contribution in [1.82, 2.24) is 10.9 Å². The van der Waals surface area contributed by atoms with Gasteiger partial charge in [0.05, 0.1) is 0 Å². The lowest BCUT2D eigenvalue weighted by molar-refractivity contribution is -0.155. The first-order valence-electron chi connectivity index (χ1n) is 8.22. The lowest BCUT2D eigenvalue weighted by Crippen LogP contribution is -2.48. The number of esters is 1. The number of rotatable bonds is 6. The third-order valence-corrected chi connectivity index (χ3v) is 2.55. The summed E-state index contributed by atoms with van der Waals surface area (Å²) >= 11 is 0. The van der Waals surface area contributed by atoms with Crippen molar-refractivity contribution in [1.29, 1.82) is 0 Å². The average molecular weight is 374 g/mol. The highest BCUT2D eigenvalue weighted by Gasteiger charge is 2.20. The number of aliphatic imine (C=N–C) groups is 1. The largest absolute Gasteiger partial charge is 0.480 e. The van der Waals surface area contributed by atoms with Crippen LogP contribution in [-0.2, 0) is 19.1 Å². The second-order valence-corrected chi connectivity index (χ2v) is 7.60. The Kier molecular flexibility index (Phi) is 8.88. The first-order valence-corrected chi connectivity index (χ1v) is 8.22. The predicted molar refractivity (Wildman–Crippen MR) is 95.2 cm³/mol. The maximum absolute atomic E-state index is 11.6. The summed E-state index contributed by atoms with van der Waals surface area (Å²) in [6.45, 7) is 10.3. The van der Waals surface area contributed by atoms with Crippen LogP contribution in [0.1, 0.15) is 60.8 Å². The van der Waals surface area contributed by atoms with Gasteiger partial charge in [0.2, 0.25) is 5.96 Å². The molecular formula is C16H30N4O6. The summed E-state index contributed by atoms with van der Waals surface area (Å²) in [5.74, 6) is -1.90. The lowest BCUT2D eigenvalue weighted by Gasteiger charge is -2.20. The molecule has 0 unspecified atom stereocenters. The van der Waals surface area contributed by atoms with Gasteiger partial charge in [0.25, 0.3) is 0 Å². The van der Waals surface area contributed by atoms with Crippen LogP contribution >= 0.6 is 0 Å². The Labute approximate surface area is 153 Å². The molecule has 0 aliphatic carbocycles. The fourth-order valence-corrected chi connectivity index (χ4v) is 1.69. The van der Waals surface area contributed by atoms with Crippen LogP contribution in [0.4, 0.5) is 4.79 Å². The standard InChI is InChI=1S/C16H30N4O6/c1-15(2,3)25-11(21)9-7-8-10(12(22)23)18-13(17)19-20-14(24)26-16(4,5)6/h10H,7-9H2,1-6H3,(H,20,24)(H,22,23)(H3,17,18,19)/t10-/m0/s1. The van der Waals surface area contributed by atoms with Crippen LogP contribution < -0.4 is 16.6 Å². The van der Waals surface area contributed by atoms with E-state index in [1.165, 1.54) is 0 Å². The molecule has 1 amide bonds. The van der Waals surface area contributed by atoms with E-state index in [0.29, 0.717) is 0 Å². The molecule has 0 bridgehead atoms. The summed E-state index contributed by atoms with van der Waals surface area (Å²) in [6, 6.07) is -1.16. The van der Waals surface area contributed by atoms with E-state index in [9.17, 15) is 19.5 Å². The molecule has 5 N–H and O–H groups in total. The number of nitrogens with zero attached hydrogens (tertiary/aromatic N) is 1. The van der Waals surface area contributed by atoms with E-state index in [1.807, 2.05) is 0 Å². The van der Waals surface area contributed by atoms with E-state index < -0.39 is 35.3 Å². The fourth-order valence-electron chi connectivity index (χ4n) is 1.69. The van der Waals surface area contributed by atoms with E-state index in [-0.39, 0.29) is 25.2 Å². The van der Waals surface area contributed by atoms with Gasteiger partial charge in [0.15, 0.2) is 6.04 Å². The number of aliphatic carboxylic acids is 1. The minimum absolute atomic E-state index is 0.0695. The molecule has 0 aliphatic rings. The Morgan fingerprint density at radius 1 is 1.04 bits per heavy atom. The fraction of sp³-hybridized carbons (Fsp3) is 0.750. The first-order chi connectivity index (χ1) is 11.7. The third kappa shape index (κ3) is 12.8. The van der Waals surface area contributed by atoms with Gasteiger partial charge < -0.3 is 20.3 Å². The molecule has 0 aromatic carbocycles. The lowest BCUT2D eigenvalue weighted by atomic mass is 10.1. The number of hydrogen-bond acceptors (Lipinski definition) is 6. The van der Waals surface area contributed by atoms with Gasteiger partial charge in [-0.3, -0.25) is 10.2 Å². The van der Waals surface area contributed by atoms with Crippen molar-refractivity contribution in [2.45, 2.75) is 78.0 Å². The predicted octanol–water partition coefficient (Wildman–Crippen LogP) is 1.30. The third-order valence-electron chi connectivity index (χ3n) is 2.55. The monoisotopic (exact) mass is 374 g/mol. The molecule has 150 valence electrons. The topological polar surface area (TPSA) is 152 Å². The molecule has 0 saturated carbocycles.